The fourth-order valence-corrected chi connectivity index (χ4v) is 1.95. The van der Waals surface area contributed by atoms with Crippen molar-refractivity contribution in [2.75, 3.05) is 11.9 Å². The summed E-state index contributed by atoms with van der Waals surface area (Å²) in [5, 5.41) is 11.7. The maximum absolute atomic E-state index is 12.4. The third kappa shape index (κ3) is 3.71. The van der Waals surface area contributed by atoms with Crippen LogP contribution in [0.15, 0.2) is 29.4 Å². The van der Waals surface area contributed by atoms with Crippen LogP contribution in [-0.4, -0.2) is 24.0 Å². The van der Waals surface area contributed by atoms with E-state index in [-0.39, 0.29) is 11.7 Å². The summed E-state index contributed by atoms with van der Waals surface area (Å²) in [4.78, 5) is 13.9. The van der Waals surface area contributed by atoms with Crippen molar-refractivity contribution < 1.29 is 10.0 Å². The molecule has 0 aromatic heterocycles. The van der Waals surface area contributed by atoms with Crippen LogP contribution in [-0.2, 0) is 4.79 Å². The Morgan fingerprint density at radius 2 is 2.21 bits per heavy atom. The number of anilines is 1. The van der Waals surface area contributed by atoms with Gasteiger partial charge in [0, 0.05) is 12.7 Å². The first-order chi connectivity index (χ1) is 9.01. The van der Waals surface area contributed by atoms with E-state index in [0.717, 1.165) is 17.7 Å². The largest absolute Gasteiger partial charge is 0.409 e. The van der Waals surface area contributed by atoms with Gasteiger partial charge in [-0.25, -0.2) is 0 Å². The summed E-state index contributed by atoms with van der Waals surface area (Å²) in [6.45, 7) is 3.92. The number of nitrogens with two attached hydrogens (primary N) is 1. The standard InChI is InChI=1S/C14H21N3O2/c1-4-6-12(13(15)16-19)14(18)17(3)11-8-5-7-10(2)9-11/h5,7-9,12,19H,4,6H2,1-3H3,(H2,15,16). The highest BCUT2D eigenvalue weighted by Crippen LogP contribution is 2.19. The smallest absolute Gasteiger partial charge is 0.237 e. The van der Waals surface area contributed by atoms with E-state index in [4.69, 9.17) is 10.9 Å². The average Bonchev–Trinajstić information content (AvgIpc) is 2.42. The number of carbonyl (C=O) groups excluding carboxylic acids is 1. The lowest BCUT2D eigenvalue weighted by Crippen LogP contribution is -2.40. The van der Waals surface area contributed by atoms with Crippen LogP contribution < -0.4 is 10.6 Å². The van der Waals surface area contributed by atoms with Gasteiger partial charge in [-0.2, -0.15) is 0 Å². The average molecular weight is 263 g/mol. The van der Waals surface area contributed by atoms with Crippen LogP contribution in [0.5, 0.6) is 0 Å². The quantitative estimate of drug-likeness (QED) is 0.369. The zero-order valence-electron chi connectivity index (χ0n) is 11.6. The summed E-state index contributed by atoms with van der Waals surface area (Å²) < 4.78 is 0. The topological polar surface area (TPSA) is 78.9 Å². The predicted molar refractivity (Wildman–Crippen MR) is 76.4 cm³/mol. The molecular formula is C14H21N3O2. The molecule has 0 saturated heterocycles. The highest BCUT2D eigenvalue weighted by molar-refractivity contribution is 6.08. The molecule has 0 saturated carbocycles. The number of hydrogen-bond donors (Lipinski definition) is 2. The summed E-state index contributed by atoms with van der Waals surface area (Å²) in [5.74, 6) is -0.783. The third-order valence-electron chi connectivity index (χ3n) is 3.07. The zero-order chi connectivity index (χ0) is 14.4. The minimum Gasteiger partial charge on any atom is -0.409 e. The van der Waals surface area contributed by atoms with E-state index in [1.54, 1.807) is 11.9 Å². The van der Waals surface area contributed by atoms with E-state index in [1.165, 1.54) is 0 Å². The lowest BCUT2D eigenvalue weighted by Gasteiger charge is -2.23. The van der Waals surface area contributed by atoms with Crippen LogP contribution >= 0.6 is 0 Å². The van der Waals surface area contributed by atoms with Crippen molar-refractivity contribution in [2.45, 2.75) is 26.7 Å². The molecule has 5 heteroatoms. The van der Waals surface area contributed by atoms with Gasteiger partial charge in [0.2, 0.25) is 5.91 Å². The van der Waals surface area contributed by atoms with Gasteiger partial charge in [-0.1, -0.05) is 30.6 Å². The number of amides is 1. The van der Waals surface area contributed by atoms with Crippen molar-refractivity contribution in [2.24, 2.45) is 16.8 Å². The van der Waals surface area contributed by atoms with Crippen LogP contribution in [0.1, 0.15) is 25.3 Å². The van der Waals surface area contributed by atoms with Crippen molar-refractivity contribution >= 4 is 17.4 Å². The maximum Gasteiger partial charge on any atom is 0.237 e. The zero-order valence-corrected chi connectivity index (χ0v) is 11.6. The van der Waals surface area contributed by atoms with Crippen molar-refractivity contribution in [1.29, 1.82) is 0 Å². The minimum atomic E-state index is -0.583. The second-order valence-electron chi connectivity index (χ2n) is 4.60. The first kappa shape index (κ1) is 15.0. The molecule has 19 heavy (non-hydrogen) atoms. The summed E-state index contributed by atoms with van der Waals surface area (Å²) in [6.07, 6.45) is 1.35. The van der Waals surface area contributed by atoms with Gasteiger partial charge in [0.25, 0.3) is 0 Å². The van der Waals surface area contributed by atoms with Gasteiger partial charge >= 0.3 is 0 Å². The number of aryl methyl sites for hydroxylation is 1. The van der Waals surface area contributed by atoms with Crippen molar-refractivity contribution in [1.82, 2.24) is 0 Å². The molecule has 1 rings (SSSR count). The van der Waals surface area contributed by atoms with E-state index in [2.05, 4.69) is 5.16 Å². The molecular weight excluding hydrogens is 242 g/mol. The number of hydrogen-bond acceptors (Lipinski definition) is 3. The molecule has 0 spiro atoms. The van der Waals surface area contributed by atoms with Gasteiger partial charge in [0.05, 0.1) is 5.92 Å². The summed E-state index contributed by atoms with van der Waals surface area (Å²) in [7, 11) is 1.70. The summed E-state index contributed by atoms with van der Waals surface area (Å²) in [6, 6.07) is 7.65. The molecule has 0 aliphatic rings. The number of amidine groups is 1. The van der Waals surface area contributed by atoms with Gasteiger partial charge in [-0.15, -0.1) is 0 Å². The number of benzene rings is 1. The molecule has 0 bridgehead atoms. The van der Waals surface area contributed by atoms with Crippen molar-refractivity contribution in [3.63, 3.8) is 0 Å². The van der Waals surface area contributed by atoms with E-state index >= 15 is 0 Å². The Morgan fingerprint density at radius 1 is 1.53 bits per heavy atom. The summed E-state index contributed by atoms with van der Waals surface area (Å²) in [5.41, 5.74) is 7.48. The lowest BCUT2D eigenvalue weighted by molar-refractivity contribution is -0.120. The Bertz CT molecular complexity index is 472. The van der Waals surface area contributed by atoms with E-state index in [9.17, 15) is 4.79 Å². The molecule has 5 nitrogen and oxygen atoms in total. The van der Waals surface area contributed by atoms with E-state index < -0.39 is 5.92 Å². The van der Waals surface area contributed by atoms with Crippen molar-refractivity contribution in [3.8, 4) is 0 Å². The molecule has 3 N–H and O–H groups in total. The molecule has 104 valence electrons. The Hall–Kier alpha value is -2.04. The fraction of sp³-hybridized carbons (Fsp3) is 0.429. The van der Waals surface area contributed by atoms with Crippen LogP contribution in [0.25, 0.3) is 0 Å². The first-order valence-corrected chi connectivity index (χ1v) is 6.32. The molecule has 1 amide bonds. The number of carbonyl (C=O) groups is 1. The molecule has 1 atom stereocenters. The van der Waals surface area contributed by atoms with Crippen LogP contribution in [0.4, 0.5) is 5.69 Å². The second kappa shape index (κ2) is 6.78. The molecule has 0 aliphatic carbocycles. The maximum atomic E-state index is 12.4. The highest BCUT2D eigenvalue weighted by Gasteiger charge is 2.26. The van der Waals surface area contributed by atoms with Gasteiger partial charge < -0.3 is 15.8 Å². The molecule has 1 unspecified atom stereocenters. The molecule has 1 aromatic rings. The van der Waals surface area contributed by atoms with E-state index in [1.807, 2.05) is 38.1 Å². The van der Waals surface area contributed by atoms with Crippen LogP contribution in [0.3, 0.4) is 0 Å². The Balaban J connectivity index is 2.96. The van der Waals surface area contributed by atoms with Crippen molar-refractivity contribution in [3.05, 3.63) is 29.8 Å². The van der Waals surface area contributed by atoms with Crippen LogP contribution in [0.2, 0.25) is 0 Å². The van der Waals surface area contributed by atoms with Gasteiger partial charge in [0.1, 0.15) is 0 Å². The highest BCUT2D eigenvalue weighted by atomic mass is 16.4. The number of nitrogens with zero attached hydrogens (tertiary/aromatic N) is 2. The fourth-order valence-electron chi connectivity index (χ4n) is 1.95. The van der Waals surface area contributed by atoms with Gasteiger partial charge in [0.15, 0.2) is 5.84 Å². The van der Waals surface area contributed by atoms with Crippen LogP contribution in [0, 0.1) is 12.8 Å². The molecule has 0 radical (unpaired) electrons. The third-order valence-corrected chi connectivity index (χ3v) is 3.07. The summed E-state index contributed by atoms with van der Waals surface area (Å²) >= 11 is 0. The Morgan fingerprint density at radius 3 is 2.74 bits per heavy atom. The monoisotopic (exact) mass is 263 g/mol. The Labute approximate surface area is 113 Å². The van der Waals surface area contributed by atoms with Gasteiger partial charge in [-0.05, 0) is 31.0 Å². The van der Waals surface area contributed by atoms with E-state index in [0.29, 0.717) is 6.42 Å². The SMILES string of the molecule is CCCC(C(=O)N(C)c1cccc(C)c1)C(N)=NO. The normalized spacial score (nSPS) is 13.1. The second-order valence-corrected chi connectivity index (χ2v) is 4.60. The Kier molecular flexibility index (Phi) is 5.36. The lowest BCUT2D eigenvalue weighted by atomic mass is 10.0. The molecule has 0 aliphatic heterocycles. The van der Waals surface area contributed by atoms with Gasteiger partial charge in [-0.3, -0.25) is 4.79 Å². The number of oxime groups is 1. The molecule has 1 aromatic carbocycles. The molecule has 0 fully saturated rings. The number of rotatable bonds is 5. The minimum absolute atomic E-state index is 0.0358. The first-order valence-electron chi connectivity index (χ1n) is 6.32. The molecule has 0 heterocycles. The predicted octanol–water partition coefficient (Wildman–Crippen LogP) is 2.12.